The van der Waals surface area contributed by atoms with Gasteiger partial charge in [0.1, 0.15) is 10.5 Å². The Balaban J connectivity index is 2.86. The van der Waals surface area contributed by atoms with E-state index in [1.807, 2.05) is 0 Å². The highest BCUT2D eigenvalue weighted by Crippen LogP contribution is 2.02. The molecule has 0 fully saturated rings. The first-order valence-corrected chi connectivity index (χ1v) is 4.36. The van der Waals surface area contributed by atoms with Crippen LogP contribution in [0.1, 0.15) is 13.3 Å². The van der Waals surface area contributed by atoms with Gasteiger partial charge < -0.3 is 4.43 Å². The molecule has 0 rings (SSSR count). The van der Waals surface area contributed by atoms with Crippen molar-refractivity contribution in [3.05, 3.63) is 0 Å². The lowest BCUT2D eigenvalue weighted by Crippen LogP contribution is -2.00. The number of hydrogen-bond donors (Lipinski definition) is 1. The van der Waals surface area contributed by atoms with E-state index >= 15 is 0 Å². The van der Waals surface area contributed by atoms with Crippen LogP contribution < -0.4 is 0 Å². The zero-order valence-electron chi connectivity index (χ0n) is 5.55. The van der Waals surface area contributed by atoms with E-state index in [2.05, 4.69) is 19.6 Å². The summed E-state index contributed by atoms with van der Waals surface area (Å²) in [5.74, 6) is 1.69. The molecule has 0 amide bonds. The van der Waals surface area contributed by atoms with Crippen molar-refractivity contribution >= 4 is 23.1 Å². The zero-order chi connectivity index (χ0) is 6.41. The number of hydrogen-bond acceptors (Lipinski definition) is 2. The molecule has 0 N–H and O–H groups in total. The molecule has 3 heteroatoms. The Labute approximate surface area is 59.8 Å². The van der Waals surface area contributed by atoms with Crippen LogP contribution in [0.3, 0.4) is 0 Å². The average Bonchev–Trinajstić information content (AvgIpc) is 1.83. The lowest BCUT2D eigenvalue weighted by atomic mass is 10.1. The van der Waals surface area contributed by atoms with E-state index in [0.29, 0.717) is 5.92 Å². The number of thiol groups is 1. The summed E-state index contributed by atoms with van der Waals surface area (Å²) in [4.78, 5) is 0. The van der Waals surface area contributed by atoms with Crippen LogP contribution in [0.15, 0.2) is 0 Å². The molecule has 0 aromatic heterocycles. The third kappa shape index (κ3) is 4.68. The molecular formula is C5H14OSSi. The Morgan fingerprint density at radius 3 is 2.75 bits per heavy atom. The summed E-state index contributed by atoms with van der Waals surface area (Å²) in [5.41, 5.74) is 0. The van der Waals surface area contributed by atoms with Crippen molar-refractivity contribution in [1.29, 1.82) is 0 Å². The first-order valence-electron chi connectivity index (χ1n) is 2.91. The topological polar surface area (TPSA) is 9.23 Å². The Bertz CT molecular complexity index is 51.7. The monoisotopic (exact) mass is 150 g/mol. The van der Waals surface area contributed by atoms with Crippen LogP contribution in [0.25, 0.3) is 0 Å². The molecule has 50 valence electrons. The number of rotatable bonds is 4. The Morgan fingerprint density at radius 2 is 2.38 bits per heavy atom. The molecule has 0 aromatic rings. The Kier molecular flexibility index (Phi) is 6.03. The SMILES string of the molecule is CC(CS)CCO[SiH3]. The quantitative estimate of drug-likeness (QED) is 0.446. The first kappa shape index (κ1) is 8.53. The van der Waals surface area contributed by atoms with Gasteiger partial charge in [-0.15, -0.1) is 0 Å². The van der Waals surface area contributed by atoms with Crippen LogP contribution >= 0.6 is 12.6 Å². The molecule has 0 spiro atoms. The molecule has 0 aromatic carbocycles. The summed E-state index contributed by atoms with van der Waals surface area (Å²) in [6, 6.07) is 0. The van der Waals surface area contributed by atoms with E-state index in [1.165, 1.54) is 0 Å². The third-order valence-corrected chi connectivity index (χ3v) is 2.16. The molecule has 0 radical (unpaired) electrons. The summed E-state index contributed by atoms with van der Waals surface area (Å²) in [5, 5.41) is 0. The summed E-state index contributed by atoms with van der Waals surface area (Å²) >= 11 is 4.14. The van der Waals surface area contributed by atoms with Crippen molar-refractivity contribution < 1.29 is 4.43 Å². The van der Waals surface area contributed by atoms with Crippen molar-refractivity contribution in [1.82, 2.24) is 0 Å². The van der Waals surface area contributed by atoms with Gasteiger partial charge >= 0.3 is 0 Å². The highest BCUT2D eigenvalue weighted by molar-refractivity contribution is 7.80. The maximum Gasteiger partial charge on any atom is 0.145 e. The molecule has 1 nitrogen and oxygen atoms in total. The largest absolute Gasteiger partial charge is 0.428 e. The van der Waals surface area contributed by atoms with Gasteiger partial charge in [-0.05, 0) is 18.1 Å². The zero-order valence-corrected chi connectivity index (χ0v) is 8.45. The molecule has 0 bridgehead atoms. The normalized spacial score (nSPS) is 14.2. The standard InChI is InChI=1S/C5H14OSSi/c1-5(4-7)2-3-6-8/h5,7H,2-4H2,1,8H3. The molecule has 0 aliphatic rings. The molecule has 1 atom stereocenters. The van der Waals surface area contributed by atoms with E-state index < -0.39 is 0 Å². The smallest absolute Gasteiger partial charge is 0.145 e. The minimum Gasteiger partial charge on any atom is -0.428 e. The van der Waals surface area contributed by atoms with Crippen LogP contribution in [0.2, 0.25) is 0 Å². The van der Waals surface area contributed by atoms with Gasteiger partial charge in [-0.3, -0.25) is 0 Å². The highest BCUT2D eigenvalue weighted by atomic mass is 32.1. The van der Waals surface area contributed by atoms with E-state index in [1.54, 1.807) is 0 Å². The maximum atomic E-state index is 5.02. The second-order valence-corrected chi connectivity index (χ2v) is 3.01. The fourth-order valence-corrected chi connectivity index (χ4v) is 0.829. The van der Waals surface area contributed by atoms with Crippen molar-refractivity contribution in [2.75, 3.05) is 12.4 Å². The highest BCUT2D eigenvalue weighted by Gasteiger charge is 1.95. The van der Waals surface area contributed by atoms with Crippen molar-refractivity contribution in [3.8, 4) is 0 Å². The lowest BCUT2D eigenvalue weighted by Gasteiger charge is -2.04. The third-order valence-electron chi connectivity index (χ3n) is 1.13. The van der Waals surface area contributed by atoms with Gasteiger partial charge in [0.05, 0.1) is 0 Å². The van der Waals surface area contributed by atoms with Gasteiger partial charge in [-0.2, -0.15) is 12.6 Å². The first-order chi connectivity index (χ1) is 3.81. The Morgan fingerprint density at radius 1 is 1.75 bits per heavy atom. The predicted molar refractivity (Wildman–Crippen MR) is 43.5 cm³/mol. The van der Waals surface area contributed by atoms with E-state index in [-0.39, 0.29) is 0 Å². The molecule has 0 aliphatic carbocycles. The molecule has 0 heterocycles. The van der Waals surface area contributed by atoms with Crippen LogP contribution in [0.4, 0.5) is 0 Å². The maximum absolute atomic E-state index is 5.02. The van der Waals surface area contributed by atoms with Gasteiger partial charge in [-0.1, -0.05) is 6.92 Å². The van der Waals surface area contributed by atoms with Crippen molar-refractivity contribution in [2.24, 2.45) is 5.92 Å². The van der Waals surface area contributed by atoms with Gasteiger partial charge in [0, 0.05) is 6.61 Å². The molecule has 0 saturated carbocycles. The summed E-state index contributed by atoms with van der Waals surface area (Å²) < 4.78 is 5.02. The average molecular weight is 150 g/mol. The molecule has 8 heavy (non-hydrogen) atoms. The van der Waals surface area contributed by atoms with Gasteiger partial charge in [0.25, 0.3) is 0 Å². The fourth-order valence-electron chi connectivity index (χ4n) is 0.410. The van der Waals surface area contributed by atoms with Crippen LogP contribution in [-0.2, 0) is 4.43 Å². The molecular weight excluding hydrogens is 136 g/mol. The van der Waals surface area contributed by atoms with Gasteiger partial charge in [-0.25, -0.2) is 0 Å². The van der Waals surface area contributed by atoms with E-state index in [4.69, 9.17) is 4.43 Å². The van der Waals surface area contributed by atoms with Crippen LogP contribution in [0, 0.1) is 5.92 Å². The van der Waals surface area contributed by atoms with Gasteiger partial charge in [0.2, 0.25) is 0 Å². The summed E-state index contributed by atoms with van der Waals surface area (Å²) in [6.07, 6.45) is 1.16. The molecule has 0 aliphatic heterocycles. The fraction of sp³-hybridized carbons (Fsp3) is 1.00. The minimum atomic E-state index is 0.715. The lowest BCUT2D eigenvalue weighted by molar-refractivity contribution is 0.316. The van der Waals surface area contributed by atoms with Crippen LogP contribution in [0.5, 0.6) is 0 Å². The van der Waals surface area contributed by atoms with Crippen molar-refractivity contribution in [2.45, 2.75) is 13.3 Å². The van der Waals surface area contributed by atoms with Gasteiger partial charge in [0.15, 0.2) is 0 Å². The van der Waals surface area contributed by atoms with Crippen molar-refractivity contribution in [3.63, 3.8) is 0 Å². The van der Waals surface area contributed by atoms with E-state index in [0.717, 1.165) is 29.3 Å². The van der Waals surface area contributed by atoms with E-state index in [9.17, 15) is 0 Å². The minimum absolute atomic E-state index is 0.715. The summed E-state index contributed by atoms with van der Waals surface area (Å²) in [6.45, 7) is 3.11. The molecule has 0 saturated heterocycles. The second-order valence-electron chi connectivity index (χ2n) is 2.07. The summed E-state index contributed by atoms with van der Waals surface area (Å²) in [7, 11) is 0.872. The second kappa shape index (κ2) is 5.66. The van der Waals surface area contributed by atoms with Crippen LogP contribution in [-0.4, -0.2) is 22.8 Å². The Hall–Kier alpha value is 0.527. The predicted octanol–water partition coefficient (Wildman–Crippen LogP) is 0.239. The molecule has 1 unspecified atom stereocenters.